The Morgan fingerprint density at radius 3 is 2.25 bits per heavy atom. The van der Waals surface area contributed by atoms with E-state index in [0.717, 1.165) is 0 Å². The summed E-state index contributed by atoms with van der Waals surface area (Å²) in [5.74, 6) is -1.78. The Labute approximate surface area is 67.8 Å². The van der Waals surface area contributed by atoms with Gasteiger partial charge >= 0.3 is 29.6 Å². The maximum atomic E-state index is 11.0. The van der Waals surface area contributed by atoms with E-state index in [1.54, 1.807) is 0 Å². The predicted octanol–water partition coefficient (Wildman–Crippen LogP) is -4.93. The van der Waals surface area contributed by atoms with E-state index in [-0.39, 0.29) is 29.6 Å². The molecule has 0 aromatic heterocycles. The van der Waals surface area contributed by atoms with E-state index in [2.05, 4.69) is 0 Å². The fourth-order valence-corrected chi connectivity index (χ4v) is 0.0630. The monoisotopic (exact) mass is 129 g/mol. The van der Waals surface area contributed by atoms with Gasteiger partial charge in [0.1, 0.15) is 12.8 Å². The topological polar surface area (TPSA) is 60.4 Å². The molecule has 0 rings (SSSR count). The molecule has 5 heteroatoms. The number of halogens is 1. The van der Waals surface area contributed by atoms with Crippen LogP contribution in [0.25, 0.3) is 0 Å². The zero-order valence-electron chi connectivity index (χ0n) is 4.43. The first-order valence-corrected chi connectivity index (χ1v) is 1.63. The number of rotatable bonds is 2. The quantitative estimate of drug-likeness (QED) is 0.380. The van der Waals surface area contributed by atoms with Crippen molar-refractivity contribution in [3.05, 3.63) is 0 Å². The summed E-state index contributed by atoms with van der Waals surface area (Å²) in [5, 5.41) is 17.2. The Morgan fingerprint density at radius 1 is 1.88 bits per heavy atom. The molecule has 0 aliphatic rings. The first-order valence-electron chi connectivity index (χ1n) is 1.63. The summed E-state index contributed by atoms with van der Waals surface area (Å²) < 4.78 is 11.0. The molecule has 8 heavy (non-hydrogen) atoms. The molecule has 1 atom stereocenters. The summed E-state index contributed by atoms with van der Waals surface area (Å²) in [4.78, 5) is 9.33. The molecule has 0 heterocycles. The zero-order chi connectivity index (χ0) is 5.86. The molecule has 42 valence electrons. The molecule has 0 aliphatic heterocycles. The van der Waals surface area contributed by atoms with Gasteiger partial charge in [0.05, 0.1) is 5.97 Å². The van der Waals surface area contributed by atoms with Gasteiger partial charge in [0.15, 0.2) is 0 Å². The minimum absolute atomic E-state index is 0. The van der Waals surface area contributed by atoms with Crippen LogP contribution in [-0.2, 0) is 4.79 Å². The van der Waals surface area contributed by atoms with Gasteiger partial charge in [0.25, 0.3) is 0 Å². The van der Waals surface area contributed by atoms with Crippen molar-refractivity contribution in [3.63, 3.8) is 0 Å². The van der Waals surface area contributed by atoms with Crippen molar-refractivity contribution >= 4 is 5.97 Å². The molecule has 1 N–H and O–H groups in total. The van der Waals surface area contributed by atoms with Crippen molar-refractivity contribution in [2.75, 3.05) is 6.67 Å². The number of carboxylic acid groups (broad SMARTS) is 1. The average molecular weight is 129 g/mol. The molecular formula is C3H4FNaO3. The van der Waals surface area contributed by atoms with Gasteiger partial charge in [-0.05, 0) is 0 Å². The van der Waals surface area contributed by atoms with E-state index in [4.69, 9.17) is 5.11 Å². The molecule has 0 fully saturated rings. The molecule has 0 aromatic carbocycles. The Bertz CT molecular complexity index is 76.9. The Morgan fingerprint density at radius 2 is 2.25 bits per heavy atom. The van der Waals surface area contributed by atoms with Crippen LogP contribution < -0.4 is 34.7 Å². The second-order valence-electron chi connectivity index (χ2n) is 0.989. The summed E-state index contributed by atoms with van der Waals surface area (Å²) in [7, 11) is 0. The fourth-order valence-electron chi connectivity index (χ4n) is 0.0630. The van der Waals surface area contributed by atoms with Gasteiger partial charge in [0, 0.05) is 0 Å². The minimum Gasteiger partial charge on any atom is -0.547 e. The van der Waals surface area contributed by atoms with Crippen LogP contribution in [0.15, 0.2) is 0 Å². The third-order valence-corrected chi connectivity index (χ3v) is 0.418. The van der Waals surface area contributed by atoms with E-state index in [1.807, 2.05) is 0 Å². The first kappa shape index (κ1) is 11.2. The smallest absolute Gasteiger partial charge is 0.547 e. The van der Waals surface area contributed by atoms with Gasteiger partial charge in [-0.3, -0.25) is 0 Å². The van der Waals surface area contributed by atoms with E-state index < -0.39 is 18.7 Å². The molecule has 0 bridgehead atoms. The largest absolute Gasteiger partial charge is 1.00 e. The van der Waals surface area contributed by atoms with E-state index in [1.165, 1.54) is 0 Å². The maximum absolute atomic E-state index is 11.0. The van der Waals surface area contributed by atoms with E-state index in [9.17, 15) is 14.3 Å². The van der Waals surface area contributed by atoms with Gasteiger partial charge in [-0.25, -0.2) is 4.39 Å². The van der Waals surface area contributed by atoms with Crippen LogP contribution in [-0.4, -0.2) is 23.9 Å². The first-order chi connectivity index (χ1) is 3.18. The number of hydrogen-bond donors (Lipinski definition) is 1. The average Bonchev–Trinajstić information content (AvgIpc) is 1.65. The Balaban J connectivity index is 0. The molecule has 0 saturated heterocycles. The summed E-state index contributed by atoms with van der Waals surface area (Å²) in [6.45, 7) is -1.29. The van der Waals surface area contributed by atoms with Gasteiger partial charge in [-0.15, -0.1) is 0 Å². The fraction of sp³-hybridized carbons (Fsp3) is 0.667. The van der Waals surface area contributed by atoms with Crippen LogP contribution in [0.2, 0.25) is 0 Å². The maximum Gasteiger partial charge on any atom is 1.00 e. The second kappa shape index (κ2) is 5.50. The molecule has 1 unspecified atom stereocenters. The van der Waals surface area contributed by atoms with Crippen LogP contribution in [0.4, 0.5) is 4.39 Å². The molecule has 0 aliphatic carbocycles. The normalized spacial score (nSPS) is 11.8. The van der Waals surface area contributed by atoms with Crippen molar-refractivity contribution in [2.45, 2.75) is 6.10 Å². The molecule has 0 amide bonds. The van der Waals surface area contributed by atoms with Crippen molar-refractivity contribution in [1.82, 2.24) is 0 Å². The predicted molar refractivity (Wildman–Crippen MR) is 17.0 cm³/mol. The SMILES string of the molecule is O=C([O-])C(O)C[18F].[Na+]. The zero-order valence-corrected chi connectivity index (χ0v) is 6.43. The number of aliphatic hydroxyl groups is 1. The summed E-state index contributed by atoms with van der Waals surface area (Å²) in [6, 6.07) is 0. The van der Waals surface area contributed by atoms with Gasteiger partial charge in [-0.2, -0.15) is 0 Å². The van der Waals surface area contributed by atoms with Crippen molar-refractivity contribution < 1.29 is 49.0 Å². The van der Waals surface area contributed by atoms with Crippen LogP contribution in [0, 0.1) is 0 Å². The van der Waals surface area contributed by atoms with Crippen LogP contribution in [0.5, 0.6) is 0 Å². The molecule has 0 saturated carbocycles. The third-order valence-electron chi connectivity index (χ3n) is 0.418. The second-order valence-corrected chi connectivity index (χ2v) is 0.989. The number of carbonyl (C=O) groups excluding carboxylic acids is 1. The molecule has 0 aromatic rings. The number of aliphatic carboxylic acids is 1. The Hall–Kier alpha value is 0.360. The molecule has 0 radical (unpaired) electrons. The number of hydrogen-bond acceptors (Lipinski definition) is 3. The molecule has 0 spiro atoms. The standard InChI is InChI=1S/C3H5FO3.Na/c4-1-2(5)3(6)7;/h2,5H,1H2,(H,6,7);/q;+1/p-1/i4-1;. The van der Waals surface area contributed by atoms with E-state index >= 15 is 0 Å². The Kier molecular flexibility index (Phi) is 7.69. The van der Waals surface area contributed by atoms with Gasteiger partial charge in [0.2, 0.25) is 0 Å². The van der Waals surface area contributed by atoms with Crippen LogP contribution >= 0.6 is 0 Å². The minimum atomic E-state index is -1.96. The third kappa shape index (κ3) is 4.52. The van der Waals surface area contributed by atoms with Gasteiger partial charge < -0.3 is 15.0 Å². The number of carbonyl (C=O) groups is 1. The number of alkyl halides is 1. The van der Waals surface area contributed by atoms with Crippen LogP contribution in [0.1, 0.15) is 0 Å². The summed E-state index contributed by atoms with van der Waals surface area (Å²) >= 11 is 0. The number of aliphatic hydroxyl groups excluding tert-OH is 1. The van der Waals surface area contributed by atoms with E-state index in [0.29, 0.717) is 0 Å². The van der Waals surface area contributed by atoms with Crippen molar-refractivity contribution in [2.24, 2.45) is 0 Å². The van der Waals surface area contributed by atoms with Gasteiger partial charge in [-0.1, -0.05) is 0 Å². The van der Waals surface area contributed by atoms with Crippen LogP contribution in [0.3, 0.4) is 0 Å². The van der Waals surface area contributed by atoms with Crippen molar-refractivity contribution in [1.29, 1.82) is 0 Å². The summed E-state index contributed by atoms with van der Waals surface area (Å²) in [5.41, 5.74) is 0. The number of carboxylic acids is 1. The summed E-state index contributed by atoms with van der Waals surface area (Å²) in [6.07, 6.45) is -1.96. The molecular weight excluding hydrogens is 125 g/mol. The molecule has 3 nitrogen and oxygen atoms in total. The van der Waals surface area contributed by atoms with Crippen molar-refractivity contribution in [3.8, 4) is 0 Å².